The lowest BCUT2D eigenvalue weighted by Crippen LogP contribution is -2.13. The molecule has 0 aliphatic carbocycles. The zero-order valence-corrected chi connectivity index (χ0v) is 15.7. The van der Waals surface area contributed by atoms with E-state index in [2.05, 4.69) is 10.4 Å². The summed E-state index contributed by atoms with van der Waals surface area (Å²) in [6, 6.07) is 22.8. The van der Waals surface area contributed by atoms with E-state index in [1.165, 1.54) is 12.1 Å². The van der Waals surface area contributed by atoms with Gasteiger partial charge in [-0.2, -0.15) is 5.10 Å². The second kappa shape index (κ2) is 7.98. The maximum Gasteiger partial charge on any atom is 0.259 e. The van der Waals surface area contributed by atoms with Gasteiger partial charge in [-0.3, -0.25) is 4.79 Å². The summed E-state index contributed by atoms with van der Waals surface area (Å²) in [7, 11) is 1.59. The molecule has 1 amide bonds. The first kappa shape index (κ1) is 18.4. The number of nitrogens with zero attached hydrogens (tertiary/aromatic N) is 2. The van der Waals surface area contributed by atoms with Crippen LogP contribution >= 0.6 is 0 Å². The molecule has 0 atom stereocenters. The molecule has 0 saturated heterocycles. The summed E-state index contributed by atoms with van der Waals surface area (Å²) in [5, 5.41) is 7.24. The number of carbonyl (C=O) groups is 1. The van der Waals surface area contributed by atoms with Crippen LogP contribution in [0.25, 0.3) is 16.9 Å². The first-order valence-electron chi connectivity index (χ1n) is 9.01. The van der Waals surface area contributed by atoms with E-state index in [0.717, 1.165) is 11.3 Å². The van der Waals surface area contributed by atoms with Crippen molar-refractivity contribution in [3.05, 3.63) is 96.4 Å². The highest BCUT2D eigenvalue weighted by molar-refractivity contribution is 6.08. The summed E-state index contributed by atoms with van der Waals surface area (Å²) in [6.07, 6.45) is 1.64. The van der Waals surface area contributed by atoms with E-state index in [-0.39, 0.29) is 5.69 Å². The molecule has 0 fully saturated rings. The third kappa shape index (κ3) is 3.87. The van der Waals surface area contributed by atoms with Gasteiger partial charge in [0.2, 0.25) is 0 Å². The molecule has 3 aromatic carbocycles. The molecule has 1 heterocycles. The zero-order valence-electron chi connectivity index (χ0n) is 15.7. The molecular formula is C23H18FN3O2. The Hall–Kier alpha value is -3.93. The number of carbonyl (C=O) groups excluding carboxylic acids is 1. The minimum Gasteiger partial charge on any atom is -0.497 e. The van der Waals surface area contributed by atoms with Crippen LogP contribution in [-0.2, 0) is 0 Å². The van der Waals surface area contributed by atoms with E-state index in [1.807, 2.05) is 42.5 Å². The Labute approximate surface area is 167 Å². The molecule has 6 heteroatoms. The predicted molar refractivity (Wildman–Crippen MR) is 110 cm³/mol. The number of nitrogens with one attached hydrogen (secondary N) is 1. The average molecular weight is 387 g/mol. The van der Waals surface area contributed by atoms with Gasteiger partial charge >= 0.3 is 0 Å². The van der Waals surface area contributed by atoms with Crippen LogP contribution in [0, 0.1) is 5.82 Å². The highest BCUT2D eigenvalue weighted by atomic mass is 19.1. The Balaban J connectivity index is 1.77. The molecule has 0 aliphatic rings. The lowest BCUT2D eigenvalue weighted by Gasteiger charge is -2.07. The predicted octanol–water partition coefficient (Wildman–Crippen LogP) is 4.94. The van der Waals surface area contributed by atoms with Crippen molar-refractivity contribution in [2.75, 3.05) is 12.4 Å². The number of halogens is 1. The van der Waals surface area contributed by atoms with Crippen molar-refractivity contribution in [2.24, 2.45) is 0 Å². The Morgan fingerprint density at radius 3 is 2.34 bits per heavy atom. The fourth-order valence-corrected chi connectivity index (χ4v) is 2.97. The SMILES string of the molecule is COc1ccc(-c2nn(-c3ccccc3)cc2C(=O)Nc2ccccc2F)cc1. The third-order valence-corrected chi connectivity index (χ3v) is 4.47. The van der Waals surface area contributed by atoms with Crippen LogP contribution in [-0.4, -0.2) is 22.8 Å². The number of hydrogen-bond donors (Lipinski definition) is 1. The van der Waals surface area contributed by atoms with E-state index in [4.69, 9.17) is 4.74 Å². The molecule has 5 nitrogen and oxygen atoms in total. The van der Waals surface area contributed by atoms with Crippen molar-refractivity contribution < 1.29 is 13.9 Å². The van der Waals surface area contributed by atoms with Gasteiger partial charge in [-0.15, -0.1) is 0 Å². The lowest BCUT2D eigenvalue weighted by atomic mass is 10.1. The van der Waals surface area contributed by atoms with E-state index in [1.54, 1.807) is 42.3 Å². The monoisotopic (exact) mass is 387 g/mol. The first-order valence-corrected chi connectivity index (χ1v) is 9.01. The summed E-state index contributed by atoms with van der Waals surface area (Å²) < 4.78 is 20.8. The van der Waals surface area contributed by atoms with E-state index < -0.39 is 11.7 Å². The molecule has 0 unspecified atom stereocenters. The standard InChI is InChI=1S/C23H18FN3O2/c1-29-18-13-11-16(12-14-18)22-19(15-27(26-22)17-7-3-2-4-8-17)23(28)25-21-10-6-5-9-20(21)24/h2-15H,1H3,(H,25,28). The number of rotatable bonds is 5. The second-order valence-corrected chi connectivity index (χ2v) is 6.33. The Morgan fingerprint density at radius 1 is 0.966 bits per heavy atom. The van der Waals surface area contributed by atoms with Crippen molar-refractivity contribution >= 4 is 11.6 Å². The van der Waals surface area contributed by atoms with E-state index in [0.29, 0.717) is 17.0 Å². The van der Waals surface area contributed by atoms with Gasteiger partial charge in [0.15, 0.2) is 0 Å². The summed E-state index contributed by atoms with van der Waals surface area (Å²) >= 11 is 0. The van der Waals surface area contributed by atoms with Gasteiger partial charge in [-0.25, -0.2) is 9.07 Å². The van der Waals surface area contributed by atoms with Gasteiger partial charge < -0.3 is 10.1 Å². The molecule has 144 valence electrons. The maximum atomic E-state index is 14.0. The largest absolute Gasteiger partial charge is 0.497 e. The Kier molecular flexibility index (Phi) is 5.07. The molecule has 0 saturated carbocycles. The lowest BCUT2D eigenvalue weighted by molar-refractivity contribution is 0.102. The van der Waals surface area contributed by atoms with Gasteiger partial charge in [-0.05, 0) is 48.5 Å². The van der Waals surface area contributed by atoms with Gasteiger partial charge in [0.1, 0.15) is 17.3 Å². The minimum absolute atomic E-state index is 0.116. The number of anilines is 1. The first-order chi connectivity index (χ1) is 14.2. The van der Waals surface area contributed by atoms with E-state index in [9.17, 15) is 9.18 Å². The number of amides is 1. The normalized spacial score (nSPS) is 10.6. The van der Waals surface area contributed by atoms with Crippen LogP contribution in [0.5, 0.6) is 5.75 Å². The fraction of sp³-hybridized carbons (Fsp3) is 0.0435. The zero-order chi connectivity index (χ0) is 20.2. The molecule has 4 rings (SSSR count). The van der Waals surface area contributed by atoms with Gasteiger partial charge in [0.25, 0.3) is 5.91 Å². The highest BCUT2D eigenvalue weighted by Gasteiger charge is 2.20. The smallest absolute Gasteiger partial charge is 0.259 e. The van der Waals surface area contributed by atoms with Crippen LogP contribution in [0.4, 0.5) is 10.1 Å². The Morgan fingerprint density at radius 2 is 1.66 bits per heavy atom. The topological polar surface area (TPSA) is 56.2 Å². The molecule has 1 aromatic heterocycles. The molecule has 29 heavy (non-hydrogen) atoms. The van der Waals surface area contributed by atoms with Crippen LogP contribution in [0.2, 0.25) is 0 Å². The molecule has 1 N–H and O–H groups in total. The number of para-hydroxylation sites is 2. The minimum atomic E-state index is -0.498. The number of hydrogen-bond acceptors (Lipinski definition) is 3. The van der Waals surface area contributed by atoms with Crippen LogP contribution < -0.4 is 10.1 Å². The summed E-state index contributed by atoms with van der Waals surface area (Å²) in [5.74, 6) is -0.237. The molecular weight excluding hydrogens is 369 g/mol. The van der Waals surface area contributed by atoms with Gasteiger partial charge in [0.05, 0.1) is 24.0 Å². The fourth-order valence-electron chi connectivity index (χ4n) is 2.97. The third-order valence-electron chi connectivity index (χ3n) is 4.47. The molecule has 0 spiro atoms. The van der Waals surface area contributed by atoms with Crippen LogP contribution in [0.3, 0.4) is 0 Å². The quantitative estimate of drug-likeness (QED) is 0.528. The van der Waals surface area contributed by atoms with Crippen molar-refractivity contribution in [1.29, 1.82) is 0 Å². The molecule has 4 aromatic rings. The van der Waals surface area contributed by atoms with Crippen LogP contribution in [0.15, 0.2) is 85.1 Å². The van der Waals surface area contributed by atoms with Gasteiger partial charge in [0, 0.05) is 11.8 Å². The molecule has 0 aliphatic heterocycles. The van der Waals surface area contributed by atoms with Crippen molar-refractivity contribution in [3.63, 3.8) is 0 Å². The second-order valence-electron chi connectivity index (χ2n) is 6.33. The molecule has 0 radical (unpaired) electrons. The number of methoxy groups -OCH3 is 1. The summed E-state index contributed by atoms with van der Waals surface area (Å²) in [4.78, 5) is 13.0. The number of aromatic nitrogens is 2. The van der Waals surface area contributed by atoms with Crippen LogP contribution in [0.1, 0.15) is 10.4 Å². The Bertz CT molecular complexity index is 1140. The molecule has 0 bridgehead atoms. The van der Waals surface area contributed by atoms with Gasteiger partial charge in [-0.1, -0.05) is 30.3 Å². The van der Waals surface area contributed by atoms with Crippen molar-refractivity contribution in [3.8, 4) is 22.7 Å². The average Bonchev–Trinajstić information content (AvgIpc) is 3.22. The summed E-state index contributed by atoms with van der Waals surface area (Å²) in [5.41, 5.74) is 2.50. The number of benzene rings is 3. The highest BCUT2D eigenvalue weighted by Crippen LogP contribution is 2.27. The maximum absolute atomic E-state index is 14.0. The number of ether oxygens (including phenoxy) is 1. The van der Waals surface area contributed by atoms with Crippen molar-refractivity contribution in [2.45, 2.75) is 0 Å². The summed E-state index contributed by atoms with van der Waals surface area (Å²) in [6.45, 7) is 0. The van der Waals surface area contributed by atoms with Crippen molar-refractivity contribution in [1.82, 2.24) is 9.78 Å². The van der Waals surface area contributed by atoms with E-state index >= 15 is 0 Å².